The summed E-state index contributed by atoms with van der Waals surface area (Å²) < 4.78 is 28.5. The maximum atomic E-state index is 12.6. The molecule has 100 valence electrons. The number of nitrogens with one attached hydrogen (secondary N) is 1. The average molecular weight is 270 g/mol. The summed E-state index contributed by atoms with van der Waals surface area (Å²) in [6.45, 7) is 2.38. The van der Waals surface area contributed by atoms with E-state index in [0.29, 0.717) is 5.03 Å². The van der Waals surface area contributed by atoms with Gasteiger partial charge in [0.2, 0.25) is 0 Å². The highest BCUT2D eigenvalue weighted by Crippen LogP contribution is 2.24. The maximum Gasteiger partial charge on any atom is 0.260 e. The van der Waals surface area contributed by atoms with Gasteiger partial charge in [-0.1, -0.05) is 0 Å². The van der Waals surface area contributed by atoms with Crippen LogP contribution in [0, 0.1) is 0 Å². The molecule has 0 spiro atoms. The molecule has 0 unspecified atom stereocenters. The maximum absolute atomic E-state index is 12.6. The number of aromatic nitrogens is 2. The molecule has 0 saturated carbocycles. The number of nitrogens with zero attached hydrogens (tertiary/aromatic N) is 3. The normalized spacial score (nSPS) is 23.8. The van der Waals surface area contributed by atoms with E-state index in [0.717, 1.165) is 44.7 Å². The number of rotatable bonds is 3. The van der Waals surface area contributed by atoms with Gasteiger partial charge in [0, 0.05) is 32.6 Å². The van der Waals surface area contributed by atoms with Crippen LogP contribution >= 0.6 is 0 Å². The van der Waals surface area contributed by atoms with E-state index >= 15 is 0 Å². The second-order valence-electron chi connectivity index (χ2n) is 4.94. The molecule has 0 aromatic carbocycles. The van der Waals surface area contributed by atoms with Crippen LogP contribution in [0.1, 0.15) is 18.7 Å². The standard InChI is InChI=1S/C11H18N4O2S/c1-14(9-4-5-12-7-9)18(16,17)11-8-13-10-3-2-6-15(10)11/h8-9,12H,2-7H2,1H3/t9-/m0/s1. The van der Waals surface area contributed by atoms with Crippen LogP contribution in [0.4, 0.5) is 0 Å². The molecule has 1 N–H and O–H groups in total. The van der Waals surface area contributed by atoms with Gasteiger partial charge in [-0.25, -0.2) is 13.4 Å². The lowest BCUT2D eigenvalue weighted by atomic mass is 10.3. The summed E-state index contributed by atoms with van der Waals surface area (Å²) in [5.74, 6) is 0.895. The highest BCUT2D eigenvalue weighted by Gasteiger charge is 2.33. The molecule has 2 aliphatic heterocycles. The molecular formula is C11H18N4O2S. The molecule has 0 radical (unpaired) electrons. The zero-order chi connectivity index (χ0) is 12.8. The van der Waals surface area contributed by atoms with Crippen LogP contribution in [0.25, 0.3) is 0 Å². The molecule has 1 aromatic rings. The first-order valence-corrected chi connectivity index (χ1v) is 7.78. The molecule has 3 rings (SSSR count). The topological polar surface area (TPSA) is 67.2 Å². The predicted molar refractivity (Wildman–Crippen MR) is 66.8 cm³/mol. The smallest absolute Gasteiger partial charge is 0.260 e. The van der Waals surface area contributed by atoms with Gasteiger partial charge in [-0.3, -0.25) is 0 Å². The van der Waals surface area contributed by atoms with Gasteiger partial charge in [-0.15, -0.1) is 0 Å². The SMILES string of the molecule is CN([C@H]1CCNC1)S(=O)(=O)c1cnc2n1CCC2. The van der Waals surface area contributed by atoms with Crippen molar-refractivity contribution in [2.24, 2.45) is 0 Å². The molecule has 1 atom stereocenters. The quantitative estimate of drug-likeness (QED) is 0.827. The number of hydrogen-bond acceptors (Lipinski definition) is 4. The van der Waals surface area contributed by atoms with Gasteiger partial charge in [0.1, 0.15) is 5.82 Å². The molecule has 6 nitrogen and oxygen atoms in total. The van der Waals surface area contributed by atoms with Crippen molar-refractivity contribution < 1.29 is 8.42 Å². The molecule has 2 aliphatic rings. The highest BCUT2D eigenvalue weighted by molar-refractivity contribution is 7.89. The molecule has 0 amide bonds. The van der Waals surface area contributed by atoms with Crippen molar-refractivity contribution >= 4 is 10.0 Å². The first kappa shape index (κ1) is 12.1. The Labute approximate surface area is 107 Å². The lowest BCUT2D eigenvalue weighted by molar-refractivity contribution is 0.383. The Kier molecular flexibility index (Phi) is 2.91. The van der Waals surface area contributed by atoms with Crippen molar-refractivity contribution in [1.82, 2.24) is 19.2 Å². The van der Waals surface area contributed by atoms with Crippen LogP contribution in [0.3, 0.4) is 0 Å². The molecule has 0 aliphatic carbocycles. The van der Waals surface area contributed by atoms with Crippen molar-refractivity contribution in [1.29, 1.82) is 0 Å². The number of sulfonamides is 1. The number of aryl methyl sites for hydroxylation is 1. The van der Waals surface area contributed by atoms with Gasteiger partial charge < -0.3 is 9.88 Å². The largest absolute Gasteiger partial charge is 0.318 e. The monoisotopic (exact) mass is 270 g/mol. The fraction of sp³-hybridized carbons (Fsp3) is 0.727. The van der Waals surface area contributed by atoms with Crippen molar-refractivity contribution in [3.8, 4) is 0 Å². The fourth-order valence-corrected chi connectivity index (χ4v) is 4.26. The van der Waals surface area contributed by atoms with Gasteiger partial charge in [-0.2, -0.15) is 4.31 Å². The molecule has 1 fully saturated rings. The summed E-state index contributed by atoms with van der Waals surface area (Å²) in [6.07, 6.45) is 4.24. The number of fused-ring (bicyclic) bond motifs is 1. The third-order valence-corrected chi connectivity index (χ3v) is 5.79. The summed E-state index contributed by atoms with van der Waals surface area (Å²) in [6, 6.07) is 0.0579. The Morgan fingerprint density at radius 2 is 2.39 bits per heavy atom. The van der Waals surface area contributed by atoms with E-state index in [2.05, 4.69) is 10.3 Å². The Morgan fingerprint density at radius 1 is 1.56 bits per heavy atom. The van der Waals surface area contributed by atoms with Crippen LogP contribution in [-0.4, -0.2) is 48.5 Å². The van der Waals surface area contributed by atoms with E-state index in [-0.39, 0.29) is 6.04 Å². The van der Waals surface area contributed by atoms with Gasteiger partial charge in [-0.05, 0) is 19.4 Å². The van der Waals surface area contributed by atoms with Gasteiger partial charge in [0.15, 0.2) is 5.03 Å². The Hall–Kier alpha value is -0.920. The zero-order valence-corrected chi connectivity index (χ0v) is 11.3. The fourth-order valence-electron chi connectivity index (χ4n) is 2.73. The summed E-state index contributed by atoms with van der Waals surface area (Å²) in [4.78, 5) is 4.21. The number of hydrogen-bond donors (Lipinski definition) is 1. The minimum absolute atomic E-state index is 0.0579. The third-order valence-electron chi connectivity index (χ3n) is 3.88. The highest BCUT2D eigenvalue weighted by atomic mass is 32.2. The lowest BCUT2D eigenvalue weighted by Crippen LogP contribution is -2.39. The van der Waals surface area contributed by atoms with Crippen LogP contribution < -0.4 is 5.32 Å². The Morgan fingerprint density at radius 3 is 3.11 bits per heavy atom. The van der Waals surface area contributed by atoms with Gasteiger partial charge >= 0.3 is 0 Å². The minimum Gasteiger partial charge on any atom is -0.318 e. The zero-order valence-electron chi connectivity index (χ0n) is 10.5. The minimum atomic E-state index is -3.41. The van der Waals surface area contributed by atoms with E-state index in [1.54, 1.807) is 7.05 Å². The van der Waals surface area contributed by atoms with Crippen molar-refractivity contribution in [2.45, 2.75) is 36.9 Å². The molecular weight excluding hydrogens is 252 g/mol. The van der Waals surface area contributed by atoms with Crippen molar-refractivity contribution in [3.63, 3.8) is 0 Å². The second kappa shape index (κ2) is 4.32. The average Bonchev–Trinajstić information content (AvgIpc) is 3.04. The summed E-state index contributed by atoms with van der Waals surface area (Å²) >= 11 is 0. The Balaban J connectivity index is 1.93. The summed E-state index contributed by atoms with van der Waals surface area (Å²) in [5, 5.41) is 3.55. The molecule has 0 bridgehead atoms. The molecule has 3 heterocycles. The molecule has 1 aromatic heterocycles. The number of imidazole rings is 1. The van der Waals surface area contributed by atoms with Crippen LogP contribution in [-0.2, 0) is 23.0 Å². The van der Waals surface area contributed by atoms with E-state index in [1.807, 2.05) is 4.57 Å². The van der Waals surface area contributed by atoms with E-state index in [4.69, 9.17) is 0 Å². The lowest BCUT2D eigenvalue weighted by Gasteiger charge is -2.23. The predicted octanol–water partition coefficient (Wildman–Crippen LogP) is -0.188. The van der Waals surface area contributed by atoms with Crippen LogP contribution in [0.2, 0.25) is 0 Å². The Bertz CT molecular complexity index is 545. The molecule has 7 heteroatoms. The van der Waals surface area contributed by atoms with Gasteiger partial charge in [0.05, 0.1) is 6.20 Å². The second-order valence-corrected chi connectivity index (χ2v) is 6.88. The van der Waals surface area contributed by atoms with E-state index < -0.39 is 10.0 Å². The molecule has 1 saturated heterocycles. The van der Waals surface area contributed by atoms with Gasteiger partial charge in [0.25, 0.3) is 10.0 Å². The van der Waals surface area contributed by atoms with E-state index in [9.17, 15) is 8.42 Å². The summed E-state index contributed by atoms with van der Waals surface area (Å²) in [5.41, 5.74) is 0. The molecule has 18 heavy (non-hydrogen) atoms. The van der Waals surface area contributed by atoms with Crippen LogP contribution in [0.5, 0.6) is 0 Å². The summed E-state index contributed by atoms with van der Waals surface area (Å²) in [7, 11) is -1.74. The third kappa shape index (κ3) is 1.77. The first-order valence-electron chi connectivity index (χ1n) is 6.34. The number of likely N-dealkylation sites (N-methyl/N-ethyl adjacent to an activating group) is 1. The van der Waals surface area contributed by atoms with Crippen LogP contribution in [0.15, 0.2) is 11.2 Å². The van der Waals surface area contributed by atoms with Crippen molar-refractivity contribution in [2.75, 3.05) is 20.1 Å². The first-order chi connectivity index (χ1) is 8.60. The van der Waals surface area contributed by atoms with E-state index in [1.165, 1.54) is 10.5 Å². The van der Waals surface area contributed by atoms with Crippen molar-refractivity contribution in [3.05, 3.63) is 12.0 Å².